The average Bonchev–Trinajstić information content (AvgIpc) is 2.91. The van der Waals surface area contributed by atoms with Gasteiger partial charge >= 0.3 is 11.9 Å². The molecule has 1 heterocycles. The second-order valence-corrected chi connectivity index (χ2v) is 5.64. The molecule has 0 saturated carbocycles. The second-order valence-electron chi connectivity index (χ2n) is 5.20. The van der Waals surface area contributed by atoms with Crippen LogP contribution in [-0.2, 0) is 9.47 Å². The number of rotatable bonds is 4. The third-order valence-electron chi connectivity index (χ3n) is 3.69. The third-order valence-corrected chi connectivity index (χ3v) is 3.92. The number of aromatic amines is 1. The van der Waals surface area contributed by atoms with E-state index < -0.39 is 11.9 Å². The smallest absolute Gasteiger partial charge is 0.339 e. The quantitative estimate of drug-likeness (QED) is 0.715. The number of halogens is 1. The van der Waals surface area contributed by atoms with Crippen molar-refractivity contribution in [3.05, 3.63) is 46.5 Å². The van der Waals surface area contributed by atoms with Gasteiger partial charge in [0.25, 0.3) is 0 Å². The van der Waals surface area contributed by atoms with E-state index in [-0.39, 0.29) is 24.3 Å². The highest BCUT2D eigenvalue weighted by molar-refractivity contribution is 6.32. The van der Waals surface area contributed by atoms with Gasteiger partial charge in [0.2, 0.25) is 0 Å². The van der Waals surface area contributed by atoms with Crippen LogP contribution in [0.1, 0.15) is 34.6 Å². The molecule has 0 fully saturated rings. The Labute approximate surface area is 143 Å². The summed E-state index contributed by atoms with van der Waals surface area (Å²) in [6, 6.07) is 8.71. The molecule has 6 heteroatoms. The molecule has 1 aromatic heterocycles. The first-order valence-corrected chi connectivity index (χ1v) is 8.02. The molecule has 0 bridgehead atoms. The molecule has 0 spiro atoms. The number of carbonyl (C=O) groups is 2. The highest BCUT2D eigenvalue weighted by Crippen LogP contribution is 2.30. The van der Waals surface area contributed by atoms with Gasteiger partial charge in [-0.1, -0.05) is 11.6 Å². The van der Waals surface area contributed by atoms with Crippen LogP contribution in [-0.4, -0.2) is 30.1 Å². The van der Waals surface area contributed by atoms with Crippen LogP contribution in [0, 0.1) is 0 Å². The minimum Gasteiger partial charge on any atom is -0.462 e. The molecule has 0 unspecified atom stereocenters. The monoisotopic (exact) mass is 345 g/mol. The summed E-state index contributed by atoms with van der Waals surface area (Å²) in [5.41, 5.74) is 1.96. The zero-order valence-electron chi connectivity index (χ0n) is 13.3. The van der Waals surface area contributed by atoms with Gasteiger partial charge < -0.3 is 14.5 Å². The first-order chi connectivity index (χ1) is 11.5. The molecule has 0 amide bonds. The molecule has 0 aliphatic heterocycles. The standard InChI is InChI=1S/C18H16ClNO4/c1-3-23-17(21)13-8-12-11-7-10(19)5-6-15(11)20-16(12)9-14(13)18(22)24-4-2/h5-9,20H,3-4H2,1-2H3. The highest BCUT2D eigenvalue weighted by atomic mass is 35.5. The first kappa shape index (κ1) is 16.3. The van der Waals surface area contributed by atoms with E-state index in [2.05, 4.69) is 4.98 Å². The topological polar surface area (TPSA) is 68.4 Å². The molecule has 0 radical (unpaired) electrons. The van der Waals surface area contributed by atoms with Gasteiger partial charge in [0.15, 0.2) is 0 Å². The molecular formula is C18H16ClNO4. The maximum absolute atomic E-state index is 12.3. The van der Waals surface area contributed by atoms with Crippen LogP contribution >= 0.6 is 11.6 Å². The van der Waals surface area contributed by atoms with Gasteiger partial charge in [-0.2, -0.15) is 0 Å². The molecule has 124 valence electrons. The lowest BCUT2D eigenvalue weighted by molar-refractivity contribution is 0.0479. The lowest BCUT2D eigenvalue weighted by atomic mass is 10.0. The molecule has 0 aliphatic carbocycles. The average molecular weight is 346 g/mol. The number of esters is 2. The lowest BCUT2D eigenvalue weighted by Crippen LogP contribution is -2.14. The zero-order valence-corrected chi connectivity index (χ0v) is 14.1. The second kappa shape index (κ2) is 6.53. The number of aromatic nitrogens is 1. The van der Waals surface area contributed by atoms with Gasteiger partial charge in [0.05, 0.1) is 24.3 Å². The number of ether oxygens (including phenoxy) is 2. The third kappa shape index (κ3) is 2.83. The van der Waals surface area contributed by atoms with Crippen molar-refractivity contribution >= 4 is 45.3 Å². The Balaban J connectivity index is 2.28. The van der Waals surface area contributed by atoms with Crippen molar-refractivity contribution in [2.45, 2.75) is 13.8 Å². The summed E-state index contributed by atoms with van der Waals surface area (Å²) in [6.07, 6.45) is 0. The fourth-order valence-corrected chi connectivity index (χ4v) is 2.85. The van der Waals surface area contributed by atoms with Crippen LogP contribution in [0.15, 0.2) is 30.3 Å². The van der Waals surface area contributed by atoms with Crippen LogP contribution in [0.4, 0.5) is 0 Å². The predicted molar refractivity (Wildman–Crippen MR) is 92.7 cm³/mol. The summed E-state index contributed by atoms with van der Waals surface area (Å²) in [6.45, 7) is 3.87. The van der Waals surface area contributed by atoms with E-state index in [9.17, 15) is 9.59 Å². The van der Waals surface area contributed by atoms with Crippen LogP contribution in [0.5, 0.6) is 0 Å². The van der Waals surface area contributed by atoms with E-state index >= 15 is 0 Å². The van der Waals surface area contributed by atoms with Crippen molar-refractivity contribution in [2.24, 2.45) is 0 Å². The number of hydrogen-bond donors (Lipinski definition) is 1. The summed E-state index contributed by atoms with van der Waals surface area (Å²) in [7, 11) is 0. The largest absolute Gasteiger partial charge is 0.462 e. The Hall–Kier alpha value is -2.53. The fourth-order valence-electron chi connectivity index (χ4n) is 2.67. The Kier molecular flexibility index (Phi) is 4.44. The number of hydrogen-bond acceptors (Lipinski definition) is 4. The zero-order chi connectivity index (χ0) is 17.3. The summed E-state index contributed by atoms with van der Waals surface area (Å²) in [5.74, 6) is -1.11. The Bertz CT molecular complexity index is 945. The van der Waals surface area contributed by atoms with E-state index in [1.165, 1.54) is 0 Å². The van der Waals surface area contributed by atoms with Gasteiger partial charge in [-0.15, -0.1) is 0 Å². The van der Waals surface area contributed by atoms with Crippen molar-refractivity contribution in [1.29, 1.82) is 0 Å². The SMILES string of the molecule is CCOC(=O)c1cc2[nH]c3ccc(Cl)cc3c2cc1C(=O)OCC. The molecular weight excluding hydrogens is 330 g/mol. The summed E-state index contributed by atoms with van der Waals surface area (Å²) in [5, 5.41) is 2.26. The van der Waals surface area contributed by atoms with Crippen LogP contribution in [0.25, 0.3) is 21.8 Å². The molecule has 24 heavy (non-hydrogen) atoms. The minimum absolute atomic E-state index is 0.181. The van der Waals surface area contributed by atoms with Crippen molar-refractivity contribution in [3.8, 4) is 0 Å². The van der Waals surface area contributed by atoms with E-state index in [0.29, 0.717) is 5.02 Å². The van der Waals surface area contributed by atoms with Gasteiger partial charge in [-0.3, -0.25) is 0 Å². The molecule has 0 atom stereocenters. The summed E-state index contributed by atoms with van der Waals surface area (Å²) in [4.78, 5) is 27.7. The van der Waals surface area contributed by atoms with E-state index in [1.807, 2.05) is 12.1 Å². The molecule has 3 aromatic rings. The van der Waals surface area contributed by atoms with E-state index in [4.69, 9.17) is 21.1 Å². The normalized spacial score (nSPS) is 11.0. The molecule has 5 nitrogen and oxygen atoms in total. The predicted octanol–water partition coefficient (Wildman–Crippen LogP) is 4.33. The number of fused-ring (bicyclic) bond motifs is 3. The van der Waals surface area contributed by atoms with Gasteiger partial charge in [0.1, 0.15) is 0 Å². The van der Waals surface area contributed by atoms with Crippen molar-refractivity contribution in [3.63, 3.8) is 0 Å². The van der Waals surface area contributed by atoms with Crippen LogP contribution < -0.4 is 0 Å². The summed E-state index contributed by atoms with van der Waals surface area (Å²) < 4.78 is 10.1. The Morgan fingerprint density at radius 3 is 2.12 bits per heavy atom. The number of H-pyrrole nitrogens is 1. The van der Waals surface area contributed by atoms with Crippen LogP contribution in [0.3, 0.4) is 0 Å². The van der Waals surface area contributed by atoms with Crippen LogP contribution in [0.2, 0.25) is 5.02 Å². The first-order valence-electron chi connectivity index (χ1n) is 7.64. The van der Waals surface area contributed by atoms with E-state index in [0.717, 1.165) is 21.8 Å². The number of benzene rings is 2. The van der Waals surface area contributed by atoms with Gasteiger partial charge in [-0.05, 0) is 44.2 Å². The van der Waals surface area contributed by atoms with Gasteiger partial charge in [-0.25, -0.2) is 9.59 Å². The maximum atomic E-state index is 12.3. The van der Waals surface area contributed by atoms with Crippen molar-refractivity contribution < 1.29 is 19.1 Å². The van der Waals surface area contributed by atoms with Gasteiger partial charge in [0, 0.05) is 26.8 Å². The Morgan fingerprint density at radius 2 is 1.50 bits per heavy atom. The van der Waals surface area contributed by atoms with E-state index in [1.54, 1.807) is 32.0 Å². The summed E-state index contributed by atoms with van der Waals surface area (Å²) >= 11 is 6.07. The molecule has 1 N–H and O–H groups in total. The Morgan fingerprint density at radius 1 is 0.917 bits per heavy atom. The van der Waals surface area contributed by atoms with Crippen molar-refractivity contribution in [2.75, 3.05) is 13.2 Å². The van der Waals surface area contributed by atoms with Crippen molar-refractivity contribution in [1.82, 2.24) is 4.98 Å². The number of nitrogens with one attached hydrogen (secondary N) is 1. The molecule has 3 rings (SSSR count). The lowest BCUT2D eigenvalue weighted by Gasteiger charge is -2.09. The molecule has 0 saturated heterocycles. The minimum atomic E-state index is -0.557. The number of carbonyl (C=O) groups excluding carboxylic acids is 2. The molecule has 0 aliphatic rings. The fraction of sp³-hybridized carbons (Fsp3) is 0.222. The maximum Gasteiger partial charge on any atom is 0.339 e. The highest BCUT2D eigenvalue weighted by Gasteiger charge is 2.21. The molecule has 2 aromatic carbocycles.